The number of thiophene rings is 1. The molecule has 4 heteroatoms. The van der Waals surface area contributed by atoms with Crippen molar-refractivity contribution < 1.29 is 0 Å². The number of likely N-dealkylation sites (tertiary alicyclic amines) is 1. The maximum atomic E-state index is 3.66. The van der Waals surface area contributed by atoms with E-state index in [1.807, 2.05) is 11.3 Å². The zero-order chi connectivity index (χ0) is 11.4. The van der Waals surface area contributed by atoms with Crippen LogP contribution in [0.15, 0.2) is 15.9 Å². The van der Waals surface area contributed by atoms with Crippen LogP contribution in [0.4, 0.5) is 0 Å². The molecule has 0 unspecified atom stereocenters. The monoisotopic (exact) mass is 302 g/mol. The van der Waals surface area contributed by atoms with E-state index in [-0.39, 0.29) is 0 Å². The lowest BCUT2D eigenvalue weighted by atomic mass is 10.1. The van der Waals surface area contributed by atoms with Gasteiger partial charge in [0.1, 0.15) is 0 Å². The van der Waals surface area contributed by atoms with E-state index in [1.54, 1.807) is 0 Å². The molecule has 0 spiro atoms. The highest BCUT2D eigenvalue weighted by Crippen LogP contribution is 2.22. The van der Waals surface area contributed by atoms with E-state index in [1.165, 1.54) is 41.8 Å². The van der Waals surface area contributed by atoms with Crippen molar-refractivity contribution in [3.05, 3.63) is 20.8 Å². The Morgan fingerprint density at radius 3 is 2.81 bits per heavy atom. The minimum Gasteiger partial charge on any atom is -0.309 e. The van der Waals surface area contributed by atoms with E-state index >= 15 is 0 Å². The molecule has 1 N–H and O–H groups in total. The van der Waals surface area contributed by atoms with Crippen molar-refractivity contribution in [3.8, 4) is 0 Å². The Bertz CT molecular complexity index is 319. The third-order valence-corrected chi connectivity index (χ3v) is 5.20. The summed E-state index contributed by atoms with van der Waals surface area (Å²) < 4.78 is 1.25. The molecule has 1 aromatic heterocycles. The first-order valence-corrected chi connectivity index (χ1v) is 7.64. The molecule has 2 heterocycles. The fourth-order valence-corrected chi connectivity index (χ4v) is 3.58. The summed E-state index contributed by atoms with van der Waals surface area (Å²) in [5.74, 6) is 0. The van der Waals surface area contributed by atoms with Crippen LogP contribution in [0.3, 0.4) is 0 Å². The predicted octanol–water partition coefficient (Wildman–Crippen LogP) is 3.08. The molecule has 16 heavy (non-hydrogen) atoms. The van der Waals surface area contributed by atoms with E-state index < -0.39 is 0 Å². The molecular formula is C12H19BrN2S. The maximum Gasteiger partial charge on any atom is 0.0327 e. The normalized spacial score (nSPS) is 19.1. The summed E-state index contributed by atoms with van der Waals surface area (Å²) in [6.45, 7) is 6.95. The highest BCUT2D eigenvalue weighted by Gasteiger charge is 2.17. The minimum atomic E-state index is 0.705. The van der Waals surface area contributed by atoms with Gasteiger partial charge in [-0.05, 0) is 59.9 Å². The zero-order valence-electron chi connectivity index (χ0n) is 9.71. The first kappa shape index (κ1) is 12.6. The van der Waals surface area contributed by atoms with Gasteiger partial charge in [-0.15, -0.1) is 11.3 Å². The van der Waals surface area contributed by atoms with Gasteiger partial charge in [0.05, 0.1) is 0 Å². The molecule has 90 valence electrons. The minimum absolute atomic E-state index is 0.705. The Labute approximate surface area is 110 Å². The van der Waals surface area contributed by atoms with Crippen LogP contribution in [0, 0.1) is 0 Å². The average Bonchev–Trinajstić information content (AvgIpc) is 2.73. The summed E-state index contributed by atoms with van der Waals surface area (Å²) in [5.41, 5.74) is 0. The second kappa shape index (κ2) is 6.15. The SMILES string of the molecule is CCN1CCC(NCc2sccc2Br)CC1. The number of piperidine rings is 1. The molecule has 0 atom stereocenters. The molecule has 0 aliphatic carbocycles. The van der Waals surface area contributed by atoms with Gasteiger partial charge in [0.2, 0.25) is 0 Å². The van der Waals surface area contributed by atoms with Gasteiger partial charge in [0.25, 0.3) is 0 Å². The lowest BCUT2D eigenvalue weighted by Gasteiger charge is -2.31. The molecule has 0 bridgehead atoms. The molecule has 0 aromatic carbocycles. The Balaban J connectivity index is 1.73. The number of nitrogens with one attached hydrogen (secondary N) is 1. The highest BCUT2D eigenvalue weighted by atomic mass is 79.9. The predicted molar refractivity (Wildman–Crippen MR) is 74.0 cm³/mol. The van der Waals surface area contributed by atoms with Crippen molar-refractivity contribution in [2.24, 2.45) is 0 Å². The first-order chi connectivity index (χ1) is 7.79. The Kier molecular flexibility index (Phi) is 4.82. The van der Waals surface area contributed by atoms with Crippen LogP contribution in [-0.2, 0) is 6.54 Å². The summed E-state index contributed by atoms with van der Waals surface area (Å²) in [4.78, 5) is 3.94. The van der Waals surface area contributed by atoms with Gasteiger partial charge < -0.3 is 10.2 Å². The molecule has 1 aromatic rings. The Morgan fingerprint density at radius 1 is 1.50 bits per heavy atom. The van der Waals surface area contributed by atoms with Crippen LogP contribution < -0.4 is 5.32 Å². The van der Waals surface area contributed by atoms with Crippen LogP contribution in [-0.4, -0.2) is 30.6 Å². The maximum absolute atomic E-state index is 3.66. The second-order valence-electron chi connectivity index (χ2n) is 4.28. The van der Waals surface area contributed by atoms with Gasteiger partial charge in [-0.25, -0.2) is 0 Å². The fourth-order valence-electron chi connectivity index (χ4n) is 2.14. The Hall–Kier alpha value is 0.100. The van der Waals surface area contributed by atoms with Crippen molar-refractivity contribution in [1.82, 2.24) is 10.2 Å². The molecule has 2 nitrogen and oxygen atoms in total. The van der Waals surface area contributed by atoms with Crippen LogP contribution in [0.5, 0.6) is 0 Å². The number of rotatable bonds is 4. The molecule has 0 amide bonds. The number of hydrogen-bond acceptors (Lipinski definition) is 3. The number of halogens is 1. The summed E-state index contributed by atoms with van der Waals surface area (Å²) in [6.07, 6.45) is 2.58. The molecule has 0 saturated carbocycles. The molecule has 1 aliphatic rings. The van der Waals surface area contributed by atoms with Gasteiger partial charge in [-0.2, -0.15) is 0 Å². The van der Waals surface area contributed by atoms with Gasteiger partial charge in [0.15, 0.2) is 0 Å². The quantitative estimate of drug-likeness (QED) is 0.919. The first-order valence-electron chi connectivity index (χ1n) is 5.97. The molecular weight excluding hydrogens is 284 g/mol. The van der Waals surface area contributed by atoms with Crippen LogP contribution >= 0.6 is 27.3 Å². The van der Waals surface area contributed by atoms with Crippen LogP contribution in [0.1, 0.15) is 24.6 Å². The second-order valence-corrected chi connectivity index (χ2v) is 6.14. The topological polar surface area (TPSA) is 15.3 Å². The van der Waals surface area contributed by atoms with Crippen molar-refractivity contribution >= 4 is 27.3 Å². The molecule has 1 fully saturated rings. The fraction of sp³-hybridized carbons (Fsp3) is 0.667. The number of hydrogen-bond donors (Lipinski definition) is 1. The van der Waals surface area contributed by atoms with E-state index in [4.69, 9.17) is 0 Å². The third kappa shape index (κ3) is 3.29. The third-order valence-electron chi connectivity index (χ3n) is 3.28. The van der Waals surface area contributed by atoms with Crippen molar-refractivity contribution in [2.45, 2.75) is 32.4 Å². The lowest BCUT2D eigenvalue weighted by molar-refractivity contribution is 0.206. The average molecular weight is 303 g/mol. The highest BCUT2D eigenvalue weighted by molar-refractivity contribution is 9.10. The summed E-state index contributed by atoms with van der Waals surface area (Å²) in [5, 5.41) is 5.80. The van der Waals surface area contributed by atoms with E-state index in [0.29, 0.717) is 6.04 Å². The van der Waals surface area contributed by atoms with Gasteiger partial charge in [0, 0.05) is 21.9 Å². The standard InChI is InChI=1S/C12H19BrN2S/c1-2-15-6-3-10(4-7-15)14-9-12-11(13)5-8-16-12/h5,8,10,14H,2-4,6-7,9H2,1H3. The smallest absolute Gasteiger partial charge is 0.0327 e. The van der Waals surface area contributed by atoms with Gasteiger partial charge >= 0.3 is 0 Å². The van der Waals surface area contributed by atoms with Gasteiger partial charge in [-0.3, -0.25) is 0 Å². The summed E-state index contributed by atoms with van der Waals surface area (Å²) in [6, 6.07) is 2.83. The van der Waals surface area contributed by atoms with E-state index in [0.717, 1.165) is 6.54 Å². The van der Waals surface area contributed by atoms with Crippen LogP contribution in [0.25, 0.3) is 0 Å². The Morgan fingerprint density at radius 2 is 2.25 bits per heavy atom. The largest absolute Gasteiger partial charge is 0.309 e. The van der Waals surface area contributed by atoms with E-state index in [2.05, 4.69) is 44.5 Å². The number of nitrogens with zero attached hydrogens (tertiary/aromatic N) is 1. The van der Waals surface area contributed by atoms with Crippen LogP contribution in [0.2, 0.25) is 0 Å². The van der Waals surface area contributed by atoms with Crippen molar-refractivity contribution in [3.63, 3.8) is 0 Å². The van der Waals surface area contributed by atoms with Crippen molar-refractivity contribution in [2.75, 3.05) is 19.6 Å². The molecule has 1 saturated heterocycles. The summed E-state index contributed by atoms with van der Waals surface area (Å²) in [7, 11) is 0. The van der Waals surface area contributed by atoms with E-state index in [9.17, 15) is 0 Å². The lowest BCUT2D eigenvalue weighted by Crippen LogP contribution is -2.41. The molecule has 1 aliphatic heterocycles. The molecule has 2 rings (SSSR count). The van der Waals surface area contributed by atoms with Gasteiger partial charge in [-0.1, -0.05) is 6.92 Å². The van der Waals surface area contributed by atoms with Crippen molar-refractivity contribution in [1.29, 1.82) is 0 Å². The molecule has 0 radical (unpaired) electrons. The summed E-state index contributed by atoms with van der Waals surface area (Å²) >= 11 is 5.40. The zero-order valence-corrected chi connectivity index (χ0v) is 12.1.